The SMILES string of the molecule is CC.Cc1cc2nc(N[C@@H](C)c3ccccn3)nc(C(N)=O)c2s1. The number of fused-ring (bicyclic) bond motifs is 1. The average molecular weight is 343 g/mol. The lowest BCUT2D eigenvalue weighted by atomic mass is 10.2. The molecular weight excluding hydrogens is 322 g/mol. The van der Waals surface area contributed by atoms with Crippen LogP contribution in [0.2, 0.25) is 0 Å². The van der Waals surface area contributed by atoms with Crippen molar-refractivity contribution >= 4 is 33.4 Å². The molecule has 126 valence electrons. The number of hydrogen-bond donors (Lipinski definition) is 2. The Labute approximate surface area is 145 Å². The van der Waals surface area contributed by atoms with Gasteiger partial charge in [0.15, 0.2) is 5.69 Å². The van der Waals surface area contributed by atoms with Crippen molar-refractivity contribution < 1.29 is 4.79 Å². The zero-order valence-corrected chi connectivity index (χ0v) is 15.0. The Morgan fingerprint density at radius 1 is 1.29 bits per heavy atom. The molecule has 0 unspecified atom stereocenters. The highest BCUT2D eigenvalue weighted by Crippen LogP contribution is 2.27. The molecule has 0 saturated carbocycles. The molecule has 7 heteroatoms. The van der Waals surface area contributed by atoms with E-state index in [0.29, 0.717) is 5.95 Å². The van der Waals surface area contributed by atoms with Gasteiger partial charge >= 0.3 is 0 Å². The van der Waals surface area contributed by atoms with Gasteiger partial charge in [0.1, 0.15) is 0 Å². The van der Waals surface area contributed by atoms with E-state index in [0.717, 1.165) is 20.8 Å². The number of nitrogens with zero attached hydrogens (tertiary/aromatic N) is 3. The molecule has 3 aromatic rings. The monoisotopic (exact) mass is 343 g/mol. The summed E-state index contributed by atoms with van der Waals surface area (Å²) in [7, 11) is 0. The van der Waals surface area contributed by atoms with Crippen molar-refractivity contribution in [2.24, 2.45) is 5.73 Å². The van der Waals surface area contributed by atoms with E-state index >= 15 is 0 Å². The molecule has 0 aliphatic rings. The Morgan fingerprint density at radius 3 is 2.67 bits per heavy atom. The van der Waals surface area contributed by atoms with Crippen LogP contribution < -0.4 is 11.1 Å². The van der Waals surface area contributed by atoms with Crippen LogP contribution in [-0.2, 0) is 0 Å². The van der Waals surface area contributed by atoms with Gasteiger partial charge < -0.3 is 11.1 Å². The molecule has 0 saturated heterocycles. The van der Waals surface area contributed by atoms with Gasteiger partial charge in [-0.3, -0.25) is 9.78 Å². The molecule has 3 rings (SSSR count). The summed E-state index contributed by atoms with van der Waals surface area (Å²) in [6.45, 7) is 7.92. The van der Waals surface area contributed by atoms with Gasteiger partial charge in [0, 0.05) is 11.1 Å². The summed E-state index contributed by atoms with van der Waals surface area (Å²) in [6.07, 6.45) is 1.73. The van der Waals surface area contributed by atoms with Crippen molar-refractivity contribution in [2.75, 3.05) is 5.32 Å². The van der Waals surface area contributed by atoms with Gasteiger partial charge in [-0.1, -0.05) is 19.9 Å². The maximum atomic E-state index is 11.6. The highest BCUT2D eigenvalue weighted by molar-refractivity contribution is 7.19. The largest absolute Gasteiger partial charge is 0.364 e. The first-order valence-corrected chi connectivity index (χ1v) is 8.61. The molecule has 0 bridgehead atoms. The Balaban J connectivity index is 0.00000100. The standard InChI is InChI=1S/C15H15N5OS.C2H6/c1-8-7-11-13(22-8)12(14(16)21)20-15(19-11)18-9(2)10-5-3-4-6-17-10;1-2/h3-7,9H,1-2H3,(H2,16,21)(H,18,19,20);1-2H3/t9-;/m0./s1. The maximum absolute atomic E-state index is 11.6. The third kappa shape index (κ3) is 3.86. The fourth-order valence-electron chi connectivity index (χ4n) is 2.18. The van der Waals surface area contributed by atoms with Gasteiger partial charge in [0.2, 0.25) is 5.95 Å². The molecule has 24 heavy (non-hydrogen) atoms. The average Bonchev–Trinajstić information content (AvgIpc) is 2.96. The number of rotatable bonds is 4. The Hall–Kier alpha value is -2.54. The minimum absolute atomic E-state index is 0.0842. The van der Waals surface area contributed by atoms with E-state index < -0.39 is 5.91 Å². The fraction of sp³-hybridized carbons (Fsp3) is 0.294. The van der Waals surface area contributed by atoms with Gasteiger partial charge in [-0.2, -0.15) is 0 Å². The van der Waals surface area contributed by atoms with Crippen LogP contribution in [0.1, 0.15) is 47.9 Å². The number of thiophene rings is 1. The third-order valence-corrected chi connectivity index (χ3v) is 4.25. The van der Waals surface area contributed by atoms with Crippen LogP contribution in [0.15, 0.2) is 30.5 Å². The summed E-state index contributed by atoms with van der Waals surface area (Å²) in [5.74, 6) is -0.181. The number of nitrogens with two attached hydrogens (primary N) is 1. The number of amides is 1. The van der Waals surface area contributed by atoms with Crippen molar-refractivity contribution in [3.8, 4) is 0 Å². The topological polar surface area (TPSA) is 93.8 Å². The van der Waals surface area contributed by atoms with Crippen LogP contribution >= 0.6 is 11.3 Å². The van der Waals surface area contributed by atoms with Crippen molar-refractivity contribution in [1.29, 1.82) is 0 Å². The number of carbonyl (C=O) groups is 1. The minimum Gasteiger partial charge on any atom is -0.364 e. The number of primary amides is 1. The molecule has 6 nitrogen and oxygen atoms in total. The minimum atomic E-state index is -0.553. The summed E-state index contributed by atoms with van der Waals surface area (Å²) in [5.41, 5.74) is 7.28. The molecule has 0 radical (unpaired) electrons. The number of aryl methyl sites for hydroxylation is 1. The molecule has 1 amide bonds. The summed E-state index contributed by atoms with van der Waals surface area (Å²) in [5, 5.41) is 3.17. The highest BCUT2D eigenvalue weighted by atomic mass is 32.1. The maximum Gasteiger partial charge on any atom is 0.269 e. The van der Waals surface area contributed by atoms with E-state index in [1.165, 1.54) is 11.3 Å². The van der Waals surface area contributed by atoms with Crippen LogP contribution in [0.5, 0.6) is 0 Å². The summed E-state index contributed by atoms with van der Waals surface area (Å²) < 4.78 is 0.723. The number of nitrogens with one attached hydrogen (secondary N) is 1. The van der Waals surface area contributed by atoms with Crippen molar-refractivity contribution in [1.82, 2.24) is 15.0 Å². The van der Waals surface area contributed by atoms with Crippen LogP contribution in [-0.4, -0.2) is 20.9 Å². The number of aromatic nitrogens is 3. The van der Waals surface area contributed by atoms with Crippen molar-refractivity contribution in [3.63, 3.8) is 0 Å². The molecular formula is C17H21N5OS. The zero-order valence-electron chi connectivity index (χ0n) is 14.2. The Morgan fingerprint density at radius 2 is 2.04 bits per heavy atom. The zero-order chi connectivity index (χ0) is 17.7. The Bertz CT molecular complexity index is 832. The first kappa shape index (κ1) is 17.8. The number of hydrogen-bond acceptors (Lipinski definition) is 6. The van der Waals surface area contributed by atoms with Crippen LogP contribution in [0, 0.1) is 6.92 Å². The van der Waals surface area contributed by atoms with E-state index in [1.54, 1.807) is 6.20 Å². The van der Waals surface area contributed by atoms with Gasteiger partial charge in [-0.15, -0.1) is 11.3 Å². The van der Waals surface area contributed by atoms with E-state index in [2.05, 4.69) is 20.3 Å². The predicted molar refractivity (Wildman–Crippen MR) is 98.3 cm³/mol. The summed E-state index contributed by atoms with van der Waals surface area (Å²) >= 11 is 1.47. The molecule has 0 aliphatic heterocycles. The molecule has 3 aromatic heterocycles. The number of pyridine rings is 1. The van der Waals surface area contributed by atoms with Crippen molar-refractivity contribution in [2.45, 2.75) is 33.7 Å². The van der Waals surface area contributed by atoms with Gasteiger partial charge in [-0.25, -0.2) is 9.97 Å². The number of anilines is 1. The van der Waals surface area contributed by atoms with Crippen LogP contribution in [0.25, 0.3) is 10.2 Å². The van der Waals surface area contributed by atoms with Gasteiger partial charge in [0.25, 0.3) is 5.91 Å². The van der Waals surface area contributed by atoms with E-state index in [9.17, 15) is 4.79 Å². The Kier molecular flexibility index (Phi) is 5.81. The molecule has 0 aromatic carbocycles. The highest BCUT2D eigenvalue weighted by Gasteiger charge is 2.16. The first-order valence-electron chi connectivity index (χ1n) is 7.80. The first-order chi connectivity index (χ1) is 11.5. The van der Waals surface area contributed by atoms with E-state index in [1.807, 2.05) is 52.0 Å². The van der Waals surface area contributed by atoms with Crippen LogP contribution in [0.4, 0.5) is 5.95 Å². The van der Waals surface area contributed by atoms with Crippen LogP contribution in [0.3, 0.4) is 0 Å². The van der Waals surface area contributed by atoms with Crippen molar-refractivity contribution in [3.05, 3.63) is 46.7 Å². The normalized spacial score (nSPS) is 11.5. The second-order valence-electron chi connectivity index (χ2n) is 4.95. The smallest absolute Gasteiger partial charge is 0.269 e. The molecule has 3 heterocycles. The summed E-state index contributed by atoms with van der Waals surface area (Å²) in [6, 6.07) is 7.53. The molecule has 0 aliphatic carbocycles. The molecule has 0 spiro atoms. The second kappa shape index (κ2) is 7.83. The van der Waals surface area contributed by atoms with E-state index in [4.69, 9.17) is 5.73 Å². The second-order valence-corrected chi connectivity index (χ2v) is 6.21. The number of carbonyl (C=O) groups excluding carboxylic acids is 1. The fourth-order valence-corrected chi connectivity index (χ4v) is 3.13. The quantitative estimate of drug-likeness (QED) is 0.753. The lowest BCUT2D eigenvalue weighted by Gasteiger charge is -2.13. The predicted octanol–water partition coefficient (Wildman–Crippen LogP) is 3.69. The van der Waals surface area contributed by atoms with Gasteiger partial charge in [-0.05, 0) is 32.0 Å². The lowest BCUT2D eigenvalue weighted by Crippen LogP contribution is -2.17. The molecule has 3 N–H and O–H groups in total. The molecule has 1 atom stereocenters. The lowest BCUT2D eigenvalue weighted by molar-refractivity contribution is 0.0997. The van der Waals surface area contributed by atoms with Gasteiger partial charge in [0.05, 0.1) is 22.0 Å². The summed E-state index contributed by atoms with van der Waals surface area (Å²) in [4.78, 5) is 25.7. The third-order valence-electron chi connectivity index (χ3n) is 3.21. The van der Waals surface area contributed by atoms with E-state index in [-0.39, 0.29) is 11.7 Å². The molecule has 0 fully saturated rings.